The van der Waals surface area contributed by atoms with Gasteiger partial charge in [0.25, 0.3) is 0 Å². The van der Waals surface area contributed by atoms with E-state index in [1.165, 1.54) is 24.2 Å². The molecule has 0 fully saturated rings. The van der Waals surface area contributed by atoms with Crippen molar-refractivity contribution in [2.24, 2.45) is 0 Å². The molecule has 0 aliphatic heterocycles. The van der Waals surface area contributed by atoms with E-state index in [0.29, 0.717) is 0 Å². The molecule has 0 aromatic rings. The maximum Gasteiger partial charge on any atom is -0.358 e. The normalized spacial score (nSPS) is 12.8. The second kappa shape index (κ2) is 18.5. The summed E-state index contributed by atoms with van der Waals surface area (Å²) in [5, 5.41) is 0. The van der Waals surface area contributed by atoms with Crippen molar-refractivity contribution in [3.8, 4) is 0 Å². The van der Waals surface area contributed by atoms with Crippen LogP contribution in [0.2, 0.25) is 0 Å². The van der Waals surface area contributed by atoms with Crippen molar-refractivity contribution in [2.45, 2.75) is 12.8 Å². The molecule has 0 bridgehead atoms. The van der Waals surface area contributed by atoms with Gasteiger partial charge in [0.15, 0.2) is 0 Å². The Morgan fingerprint density at radius 1 is 0.857 bits per heavy atom. The zero-order chi connectivity index (χ0) is 9.07. The molecule has 0 saturated carbocycles. The minimum atomic E-state index is 0. The Hall–Kier alpha value is -0.287. The second-order valence-corrected chi connectivity index (χ2v) is 2.01. The summed E-state index contributed by atoms with van der Waals surface area (Å²) in [5.41, 5.74) is 0. The molecule has 0 saturated heterocycles. The van der Waals surface area contributed by atoms with E-state index >= 15 is 0 Å². The molecule has 1 heteroatoms. The van der Waals surface area contributed by atoms with Gasteiger partial charge in [-0.25, -0.2) is 24.3 Å². The van der Waals surface area contributed by atoms with E-state index in [-0.39, 0.29) is 14.9 Å². The van der Waals surface area contributed by atoms with Gasteiger partial charge in [0.1, 0.15) is 0 Å². The van der Waals surface area contributed by atoms with Crippen molar-refractivity contribution >= 4 is 4.21 Å². The van der Waals surface area contributed by atoms with Crippen molar-refractivity contribution in [1.29, 1.82) is 0 Å². The first-order valence-corrected chi connectivity index (χ1v) is 5.53. The van der Waals surface area contributed by atoms with E-state index in [1.807, 2.05) is 24.3 Å². The third-order valence-corrected chi connectivity index (χ3v) is 1.17. The van der Waals surface area contributed by atoms with Crippen molar-refractivity contribution < 1.29 is 24.2 Å². The first-order valence-electron chi connectivity index (χ1n) is 3.79. The van der Waals surface area contributed by atoms with Crippen LogP contribution in [-0.4, -0.2) is 4.21 Å². The van der Waals surface area contributed by atoms with Gasteiger partial charge in [-0.05, 0) is 0 Å². The van der Waals surface area contributed by atoms with E-state index in [0.717, 1.165) is 12.8 Å². The molecule has 0 heterocycles. The van der Waals surface area contributed by atoms with Gasteiger partial charge in [-0.15, -0.1) is 12.8 Å². The molecule has 2 rings (SSSR count). The second-order valence-electron chi connectivity index (χ2n) is 2.01. The number of rotatable bonds is 0. The molecule has 2 aliphatic rings. The van der Waals surface area contributed by atoms with E-state index < -0.39 is 0 Å². The van der Waals surface area contributed by atoms with Crippen LogP contribution in [0.3, 0.4) is 0 Å². The van der Waals surface area contributed by atoms with Gasteiger partial charge >= 0.3 is 28.4 Å². The van der Waals surface area contributed by atoms with Crippen LogP contribution < -0.4 is 0 Å². The van der Waals surface area contributed by atoms with Crippen molar-refractivity contribution in [3.63, 3.8) is 0 Å². The fourth-order valence-corrected chi connectivity index (χ4v) is 0.680. The minimum Gasteiger partial charge on any atom is -0.358 e. The van der Waals surface area contributed by atoms with Crippen molar-refractivity contribution in [1.82, 2.24) is 0 Å². The maximum atomic E-state index is 3.34. The molecule has 0 amide bonds. The van der Waals surface area contributed by atoms with Gasteiger partial charge in [-0.2, -0.15) is 12.2 Å². The summed E-state index contributed by atoms with van der Waals surface area (Å²) in [4.78, 5) is 0. The van der Waals surface area contributed by atoms with Gasteiger partial charge in [0, 0.05) is 0 Å². The Kier molecular flexibility index (Phi) is 25.5. The van der Waals surface area contributed by atoms with Gasteiger partial charge in [-0.1, -0.05) is 0 Å². The third-order valence-electron chi connectivity index (χ3n) is 1.17. The van der Waals surface area contributed by atoms with E-state index in [9.17, 15) is 0 Å². The van der Waals surface area contributed by atoms with Crippen LogP contribution in [0, 0.1) is 27.0 Å². The molecule has 0 spiro atoms. The van der Waals surface area contributed by atoms with Crippen LogP contribution >= 0.6 is 0 Å². The molecule has 0 aromatic heterocycles. The molecular formula is C13H18Zr-4. The Bertz CT molecular complexity index is 155. The van der Waals surface area contributed by atoms with E-state index in [4.69, 9.17) is 0 Å². The first kappa shape index (κ1) is 19.3. The van der Waals surface area contributed by atoms with Crippen LogP contribution in [0.25, 0.3) is 0 Å². The average Bonchev–Trinajstić information content (AvgIpc) is 2.87. The summed E-state index contributed by atoms with van der Waals surface area (Å²) in [6.07, 6.45) is 20.0. The van der Waals surface area contributed by atoms with Gasteiger partial charge in [-0.3, -0.25) is 12.2 Å². The number of hydrogen-bond acceptors (Lipinski definition) is 0. The quantitative estimate of drug-likeness (QED) is 0.588. The number of allylic oxidation sites excluding steroid dienone is 8. The molecule has 0 nitrogen and oxygen atoms in total. The smallest absolute Gasteiger partial charge is 0.358 e. The zero-order valence-electron chi connectivity index (χ0n) is 9.09. The fraction of sp³-hybridized carbons (Fsp3) is 0.154. The van der Waals surface area contributed by atoms with Crippen molar-refractivity contribution in [3.05, 3.63) is 63.5 Å². The van der Waals surface area contributed by atoms with Crippen LogP contribution in [0.5, 0.6) is 0 Å². The zero-order valence-corrected chi connectivity index (χ0v) is 11.5. The molecule has 14 heavy (non-hydrogen) atoms. The Morgan fingerprint density at radius 3 is 1.29 bits per heavy atom. The van der Waals surface area contributed by atoms with E-state index in [2.05, 4.69) is 28.5 Å². The molecule has 0 atom stereocenters. The fourth-order valence-electron chi connectivity index (χ4n) is 0.680. The largest absolute Gasteiger partial charge is 0.358 e. The Balaban J connectivity index is -0.000000131. The SMILES string of the molecule is [C-]1=CC=CC1.[C-]1=CC=CC1.[CH2]=[Zr].[CH3-].[CH3-]. The molecule has 0 unspecified atom stereocenters. The molecule has 0 radical (unpaired) electrons. The Morgan fingerprint density at radius 2 is 1.21 bits per heavy atom. The maximum absolute atomic E-state index is 3.34. The monoisotopic (exact) mass is 264 g/mol. The third kappa shape index (κ3) is 14.2. The molecule has 78 valence electrons. The summed E-state index contributed by atoms with van der Waals surface area (Å²) < 4.78 is 3.34. The van der Waals surface area contributed by atoms with Crippen LogP contribution in [0.4, 0.5) is 0 Å². The van der Waals surface area contributed by atoms with Gasteiger partial charge in [0.05, 0.1) is 0 Å². The first-order chi connectivity index (χ1) is 6.00. The summed E-state index contributed by atoms with van der Waals surface area (Å²) in [5.74, 6) is 0. The summed E-state index contributed by atoms with van der Waals surface area (Å²) in [7, 11) is 0. The molecule has 0 aromatic carbocycles. The standard InChI is InChI=1S/2C5H5.2CH3.CH2.Zr/c2*1-2-4-5-3-1;;;;/h2*1-3H,4H2;2*1H3;1H2;/q4*-1;;. The number of hydrogen-bond donors (Lipinski definition) is 0. The minimum absolute atomic E-state index is 0. The molecule has 2 aliphatic carbocycles. The Labute approximate surface area is 104 Å². The van der Waals surface area contributed by atoms with Gasteiger partial charge in [0.2, 0.25) is 0 Å². The van der Waals surface area contributed by atoms with Crippen LogP contribution in [-0.2, 0) is 24.2 Å². The van der Waals surface area contributed by atoms with Gasteiger partial charge < -0.3 is 14.9 Å². The predicted octanol–water partition coefficient (Wildman–Crippen LogP) is 3.48. The average molecular weight is 266 g/mol. The van der Waals surface area contributed by atoms with E-state index in [1.54, 1.807) is 0 Å². The summed E-state index contributed by atoms with van der Waals surface area (Å²) >= 11 is 1.30. The predicted molar refractivity (Wildman–Crippen MR) is 63.1 cm³/mol. The van der Waals surface area contributed by atoms with Crippen LogP contribution in [0.1, 0.15) is 12.8 Å². The summed E-state index contributed by atoms with van der Waals surface area (Å²) in [6.45, 7) is 0. The summed E-state index contributed by atoms with van der Waals surface area (Å²) in [6, 6.07) is 0. The molecule has 0 N–H and O–H groups in total. The van der Waals surface area contributed by atoms with Crippen LogP contribution in [0.15, 0.2) is 36.5 Å². The van der Waals surface area contributed by atoms with Crippen molar-refractivity contribution in [2.75, 3.05) is 0 Å². The molecular weight excluding hydrogens is 247 g/mol. The topological polar surface area (TPSA) is 0 Å².